The fourth-order valence-corrected chi connectivity index (χ4v) is 3.02. The minimum Gasteiger partial charge on any atom is -0.368 e. The van der Waals surface area contributed by atoms with E-state index in [9.17, 15) is 0 Å². The molecule has 1 aromatic heterocycles. The van der Waals surface area contributed by atoms with Crippen molar-refractivity contribution < 1.29 is 0 Å². The standard InChI is InChI=1S/C16H17Cl2N3/c1-9(10-5-6-10)7-11-8-14(21-16(19)20-11)12-3-2-4-13(17)15(12)18/h2-4,8-10H,5-7H2,1H3,(H2,19,20,21)/t9-/m0/s1. The lowest BCUT2D eigenvalue weighted by Crippen LogP contribution is -2.07. The number of aromatic nitrogens is 2. The maximum Gasteiger partial charge on any atom is 0.220 e. The van der Waals surface area contributed by atoms with Crippen LogP contribution in [-0.4, -0.2) is 9.97 Å². The summed E-state index contributed by atoms with van der Waals surface area (Å²) in [7, 11) is 0. The second kappa shape index (κ2) is 5.82. The monoisotopic (exact) mass is 321 g/mol. The summed E-state index contributed by atoms with van der Waals surface area (Å²) in [5.74, 6) is 1.74. The zero-order chi connectivity index (χ0) is 15.0. The molecule has 3 rings (SSSR count). The lowest BCUT2D eigenvalue weighted by Gasteiger charge is -2.12. The Morgan fingerprint density at radius 3 is 2.76 bits per heavy atom. The van der Waals surface area contributed by atoms with Gasteiger partial charge in [0.2, 0.25) is 5.95 Å². The molecule has 1 aliphatic carbocycles. The van der Waals surface area contributed by atoms with Crippen LogP contribution >= 0.6 is 23.2 Å². The largest absolute Gasteiger partial charge is 0.368 e. The first-order chi connectivity index (χ1) is 10.0. The van der Waals surface area contributed by atoms with Gasteiger partial charge < -0.3 is 5.73 Å². The van der Waals surface area contributed by atoms with E-state index in [4.69, 9.17) is 28.9 Å². The van der Waals surface area contributed by atoms with E-state index >= 15 is 0 Å². The van der Waals surface area contributed by atoms with Crippen molar-refractivity contribution in [3.63, 3.8) is 0 Å². The first-order valence-electron chi connectivity index (χ1n) is 7.12. The van der Waals surface area contributed by atoms with Crippen molar-refractivity contribution >= 4 is 29.2 Å². The Kier molecular flexibility index (Phi) is 4.05. The highest BCUT2D eigenvalue weighted by Crippen LogP contribution is 2.38. The van der Waals surface area contributed by atoms with Gasteiger partial charge in [-0.1, -0.05) is 42.3 Å². The van der Waals surface area contributed by atoms with E-state index in [1.807, 2.05) is 18.2 Å². The molecule has 21 heavy (non-hydrogen) atoms. The smallest absolute Gasteiger partial charge is 0.220 e. The first kappa shape index (κ1) is 14.6. The Morgan fingerprint density at radius 2 is 2.05 bits per heavy atom. The third kappa shape index (κ3) is 3.30. The van der Waals surface area contributed by atoms with Gasteiger partial charge in [0.15, 0.2) is 0 Å². The number of nitrogen functional groups attached to an aromatic ring is 1. The molecule has 1 fully saturated rings. The molecular weight excluding hydrogens is 305 g/mol. The van der Waals surface area contributed by atoms with Crippen LogP contribution in [0.4, 0.5) is 5.95 Å². The Balaban J connectivity index is 1.95. The van der Waals surface area contributed by atoms with Gasteiger partial charge in [-0.15, -0.1) is 0 Å². The SMILES string of the molecule is C[C@@H](Cc1cc(-c2cccc(Cl)c2Cl)nc(N)n1)C1CC1. The van der Waals surface area contributed by atoms with E-state index in [0.717, 1.165) is 29.3 Å². The molecule has 110 valence electrons. The zero-order valence-electron chi connectivity index (χ0n) is 11.8. The fourth-order valence-electron chi connectivity index (χ4n) is 2.62. The van der Waals surface area contributed by atoms with Crippen LogP contribution in [0.3, 0.4) is 0 Å². The third-order valence-electron chi connectivity index (χ3n) is 3.98. The highest BCUT2D eigenvalue weighted by molar-refractivity contribution is 6.43. The van der Waals surface area contributed by atoms with Gasteiger partial charge in [0.05, 0.1) is 15.7 Å². The fraction of sp³-hybridized carbons (Fsp3) is 0.375. The third-order valence-corrected chi connectivity index (χ3v) is 4.80. The highest BCUT2D eigenvalue weighted by atomic mass is 35.5. The average Bonchev–Trinajstić information content (AvgIpc) is 3.25. The molecule has 0 unspecified atom stereocenters. The van der Waals surface area contributed by atoms with Crippen LogP contribution in [0.15, 0.2) is 24.3 Å². The summed E-state index contributed by atoms with van der Waals surface area (Å²) in [6.07, 6.45) is 3.58. The number of halogens is 2. The molecule has 0 saturated heterocycles. The van der Waals surface area contributed by atoms with Gasteiger partial charge in [0.25, 0.3) is 0 Å². The van der Waals surface area contributed by atoms with E-state index in [1.54, 1.807) is 6.07 Å². The van der Waals surface area contributed by atoms with E-state index < -0.39 is 0 Å². The number of nitrogens with two attached hydrogens (primary N) is 1. The minimum atomic E-state index is 0.279. The molecule has 1 saturated carbocycles. The number of rotatable bonds is 4. The van der Waals surface area contributed by atoms with Gasteiger partial charge in [-0.25, -0.2) is 9.97 Å². The topological polar surface area (TPSA) is 51.8 Å². The van der Waals surface area contributed by atoms with Crippen LogP contribution in [0.5, 0.6) is 0 Å². The molecule has 0 bridgehead atoms. The maximum atomic E-state index is 6.27. The quantitative estimate of drug-likeness (QED) is 0.893. The van der Waals surface area contributed by atoms with Crippen molar-refractivity contribution in [3.8, 4) is 11.3 Å². The number of benzene rings is 1. The summed E-state index contributed by atoms with van der Waals surface area (Å²) in [5, 5.41) is 1.01. The molecule has 0 amide bonds. The summed E-state index contributed by atoms with van der Waals surface area (Å²) < 4.78 is 0. The van der Waals surface area contributed by atoms with Crippen LogP contribution in [0, 0.1) is 11.8 Å². The van der Waals surface area contributed by atoms with Crippen molar-refractivity contribution in [3.05, 3.63) is 40.0 Å². The van der Waals surface area contributed by atoms with Crippen LogP contribution in [-0.2, 0) is 6.42 Å². The van der Waals surface area contributed by atoms with Crippen LogP contribution in [0.25, 0.3) is 11.3 Å². The average molecular weight is 322 g/mol. The normalized spacial score (nSPS) is 16.0. The van der Waals surface area contributed by atoms with Gasteiger partial charge in [0.1, 0.15) is 0 Å². The summed E-state index contributed by atoms with van der Waals surface area (Å²) in [6, 6.07) is 7.47. The van der Waals surface area contributed by atoms with E-state index in [-0.39, 0.29) is 5.95 Å². The predicted molar refractivity (Wildman–Crippen MR) is 87.5 cm³/mol. The van der Waals surface area contributed by atoms with Crippen LogP contribution < -0.4 is 5.73 Å². The molecule has 5 heteroatoms. The van der Waals surface area contributed by atoms with Crippen molar-refractivity contribution in [2.24, 2.45) is 11.8 Å². The number of hydrogen-bond acceptors (Lipinski definition) is 3. The van der Waals surface area contributed by atoms with Crippen molar-refractivity contribution in [1.82, 2.24) is 9.97 Å². The molecule has 1 heterocycles. The van der Waals surface area contributed by atoms with Gasteiger partial charge in [-0.2, -0.15) is 0 Å². The molecule has 1 aromatic carbocycles. The van der Waals surface area contributed by atoms with E-state index in [1.165, 1.54) is 12.8 Å². The second-order valence-corrected chi connectivity index (χ2v) is 6.51. The molecule has 0 aliphatic heterocycles. The number of anilines is 1. The van der Waals surface area contributed by atoms with E-state index in [2.05, 4.69) is 16.9 Å². The molecule has 0 radical (unpaired) electrons. The summed E-state index contributed by atoms with van der Waals surface area (Å²) in [5.41, 5.74) is 8.34. The molecule has 2 aromatic rings. The predicted octanol–water partition coefficient (Wildman–Crippen LogP) is 4.62. The van der Waals surface area contributed by atoms with Crippen LogP contribution in [0.1, 0.15) is 25.5 Å². The van der Waals surface area contributed by atoms with Crippen molar-refractivity contribution in [2.45, 2.75) is 26.2 Å². The Labute approximate surface area is 134 Å². The summed E-state index contributed by atoms with van der Waals surface area (Å²) in [6.45, 7) is 2.27. The molecule has 3 nitrogen and oxygen atoms in total. The van der Waals surface area contributed by atoms with Gasteiger partial charge >= 0.3 is 0 Å². The number of nitrogens with zero attached hydrogens (tertiary/aromatic N) is 2. The van der Waals surface area contributed by atoms with Crippen LogP contribution in [0.2, 0.25) is 10.0 Å². The lowest BCUT2D eigenvalue weighted by atomic mass is 9.99. The molecular formula is C16H17Cl2N3. The first-order valence-corrected chi connectivity index (χ1v) is 7.88. The highest BCUT2D eigenvalue weighted by Gasteiger charge is 2.28. The molecule has 1 atom stereocenters. The van der Waals surface area contributed by atoms with Crippen molar-refractivity contribution in [1.29, 1.82) is 0 Å². The zero-order valence-corrected chi connectivity index (χ0v) is 13.3. The van der Waals surface area contributed by atoms with Gasteiger partial charge in [-0.3, -0.25) is 0 Å². The Hall–Kier alpha value is -1.32. The Bertz CT molecular complexity index is 669. The maximum absolute atomic E-state index is 6.27. The molecule has 2 N–H and O–H groups in total. The Morgan fingerprint density at radius 1 is 1.29 bits per heavy atom. The lowest BCUT2D eigenvalue weighted by molar-refractivity contribution is 0.501. The summed E-state index contributed by atoms with van der Waals surface area (Å²) >= 11 is 12.3. The minimum absolute atomic E-state index is 0.279. The number of hydrogen-bond donors (Lipinski definition) is 1. The second-order valence-electron chi connectivity index (χ2n) is 5.72. The van der Waals surface area contributed by atoms with Crippen molar-refractivity contribution in [2.75, 3.05) is 5.73 Å². The van der Waals surface area contributed by atoms with Gasteiger partial charge in [0, 0.05) is 11.3 Å². The van der Waals surface area contributed by atoms with Gasteiger partial charge in [-0.05, 0) is 43.2 Å². The molecule has 0 spiro atoms. The van der Waals surface area contributed by atoms with E-state index in [0.29, 0.717) is 16.0 Å². The summed E-state index contributed by atoms with van der Waals surface area (Å²) in [4.78, 5) is 8.65. The molecule has 1 aliphatic rings.